The summed E-state index contributed by atoms with van der Waals surface area (Å²) in [5.74, 6) is 1.45. The van der Waals surface area contributed by atoms with E-state index in [-0.39, 0.29) is 17.4 Å². The number of halogens is 1. The third-order valence-electron chi connectivity index (χ3n) is 7.81. The molecule has 1 unspecified atom stereocenters. The maximum Gasteiger partial charge on any atom is 0.414 e. The first-order valence-electron chi connectivity index (χ1n) is 12.9. The van der Waals surface area contributed by atoms with Gasteiger partial charge in [0.05, 0.1) is 0 Å². The number of likely N-dealkylation sites (N-methyl/N-ethyl adjacent to an activating group) is 1. The molecule has 0 radical (unpaired) electrons. The lowest BCUT2D eigenvalue weighted by atomic mass is 9.74. The average molecular weight is 537 g/mol. The SMILES string of the molecule is CN(C[C@@H](CCN1CCC2(CC1)C[S+]([O-])c1ccccc12)c1ccc(Cl)cc1)C(=O)Oc1ccccc1. The lowest BCUT2D eigenvalue weighted by Crippen LogP contribution is -2.44. The van der Waals surface area contributed by atoms with Crippen LogP contribution in [-0.2, 0) is 16.6 Å². The molecule has 2 heterocycles. The van der Waals surface area contributed by atoms with Crippen LogP contribution in [0.15, 0.2) is 83.8 Å². The fourth-order valence-electron chi connectivity index (χ4n) is 5.64. The van der Waals surface area contributed by atoms with E-state index >= 15 is 0 Å². The second-order valence-electron chi connectivity index (χ2n) is 10.2. The van der Waals surface area contributed by atoms with E-state index in [0.29, 0.717) is 17.3 Å². The van der Waals surface area contributed by atoms with E-state index in [2.05, 4.69) is 29.2 Å². The number of ether oxygens (including phenoxy) is 1. The van der Waals surface area contributed by atoms with Crippen molar-refractivity contribution in [2.75, 3.05) is 39.0 Å². The normalized spacial score (nSPS) is 19.4. The summed E-state index contributed by atoms with van der Waals surface area (Å²) in [6.07, 6.45) is 2.62. The molecule has 0 saturated carbocycles. The molecule has 1 saturated heterocycles. The van der Waals surface area contributed by atoms with Crippen molar-refractivity contribution >= 4 is 28.9 Å². The summed E-state index contributed by atoms with van der Waals surface area (Å²) < 4.78 is 18.3. The number of para-hydroxylation sites is 1. The largest absolute Gasteiger partial charge is 0.611 e. The van der Waals surface area contributed by atoms with E-state index in [1.165, 1.54) is 5.56 Å². The Hall–Kier alpha value is -2.51. The predicted molar refractivity (Wildman–Crippen MR) is 149 cm³/mol. The van der Waals surface area contributed by atoms with Gasteiger partial charge >= 0.3 is 6.09 Å². The van der Waals surface area contributed by atoms with Crippen LogP contribution in [0, 0.1) is 0 Å². The fraction of sp³-hybridized carbons (Fsp3) is 0.367. The molecule has 2 aliphatic rings. The zero-order valence-corrected chi connectivity index (χ0v) is 22.7. The standard InChI is InChI=1S/C30H33ClN2O3S/c1-32(29(34)36-26-7-3-2-4-8-26)21-24(23-11-13-25(31)14-12-23)15-18-33-19-16-30(17-20-33)22-37(35)28-10-6-5-9-27(28)30/h2-14,24H,15-22H2,1H3/t24-,37?/m1/s1. The molecule has 0 aliphatic carbocycles. The molecular formula is C30H33ClN2O3S. The van der Waals surface area contributed by atoms with Gasteiger partial charge in [0.2, 0.25) is 0 Å². The molecule has 0 N–H and O–H groups in total. The topological polar surface area (TPSA) is 55.8 Å². The number of carbonyl (C=O) groups excluding carboxylic acids is 1. The summed E-state index contributed by atoms with van der Waals surface area (Å²) in [5.41, 5.74) is 2.51. The number of rotatable bonds is 7. The number of fused-ring (bicyclic) bond motifs is 2. The highest BCUT2D eigenvalue weighted by atomic mass is 35.5. The third-order valence-corrected chi connectivity index (χ3v) is 9.73. The number of nitrogens with zero attached hydrogens (tertiary/aromatic N) is 2. The Balaban J connectivity index is 1.21. The lowest BCUT2D eigenvalue weighted by molar-refractivity contribution is 0.151. The van der Waals surface area contributed by atoms with Crippen molar-refractivity contribution in [3.8, 4) is 5.75 Å². The molecule has 194 valence electrons. The number of benzene rings is 3. The Morgan fingerprint density at radius 2 is 1.73 bits per heavy atom. The summed E-state index contributed by atoms with van der Waals surface area (Å²) >= 11 is 5.26. The smallest absolute Gasteiger partial charge is 0.414 e. The van der Waals surface area contributed by atoms with Crippen LogP contribution in [0.25, 0.3) is 0 Å². The van der Waals surface area contributed by atoms with Crippen LogP contribution in [0.3, 0.4) is 0 Å². The molecule has 5 rings (SSSR count). The molecule has 1 amide bonds. The molecule has 37 heavy (non-hydrogen) atoms. The maximum atomic E-state index is 12.8. The van der Waals surface area contributed by atoms with Crippen molar-refractivity contribution in [1.29, 1.82) is 0 Å². The van der Waals surface area contributed by atoms with Gasteiger partial charge in [0.15, 0.2) is 4.90 Å². The van der Waals surface area contributed by atoms with Crippen LogP contribution in [0.2, 0.25) is 5.02 Å². The zero-order valence-electron chi connectivity index (χ0n) is 21.1. The Bertz CT molecular complexity index is 1200. The Labute approximate surface area is 227 Å². The van der Waals surface area contributed by atoms with Gasteiger partial charge in [-0.2, -0.15) is 0 Å². The molecule has 2 atom stereocenters. The van der Waals surface area contributed by atoms with Gasteiger partial charge in [0.25, 0.3) is 0 Å². The molecule has 1 spiro atoms. The lowest BCUT2D eigenvalue weighted by Gasteiger charge is -2.38. The minimum atomic E-state index is -0.889. The molecule has 5 nitrogen and oxygen atoms in total. The number of amides is 1. The first-order valence-corrected chi connectivity index (χ1v) is 14.6. The van der Waals surface area contributed by atoms with Crippen molar-refractivity contribution in [3.05, 3.63) is 95.0 Å². The van der Waals surface area contributed by atoms with Gasteiger partial charge in [-0.3, -0.25) is 0 Å². The average Bonchev–Trinajstić information content (AvgIpc) is 3.19. The van der Waals surface area contributed by atoms with Crippen LogP contribution in [-0.4, -0.2) is 59.4 Å². The van der Waals surface area contributed by atoms with Crippen molar-refractivity contribution in [2.24, 2.45) is 0 Å². The minimum absolute atomic E-state index is 0.0505. The monoisotopic (exact) mass is 536 g/mol. The second-order valence-corrected chi connectivity index (χ2v) is 12.1. The molecule has 3 aromatic rings. The molecule has 0 aromatic heterocycles. The predicted octanol–water partition coefficient (Wildman–Crippen LogP) is 6.10. The second kappa shape index (κ2) is 11.5. The van der Waals surface area contributed by atoms with E-state index in [4.69, 9.17) is 16.3 Å². The molecular weight excluding hydrogens is 504 g/mol. The molecule has 2 aliphatic heterocycles. The Morgan fingerprint density at radius 1 is 1.05 bits per heavy atom. The number of piperidine rings is 1. The van der Waals surface area contributed by atoms with Gasteiger partial charge < -0.3 is 19.1 Å². The molecule has 7 heteroatoms. The van der Waals surface area contributed by atoms with Crippen molar-refractivity contribution in [2.45, 2.75) is 35.5 Å². The summed E-state index contributed by atoms with van der Waals surface area (Å²) in [6.45, 7) is 3.47. The first kappa shape index (κ1) is 26.1. The number of hydrogen-bond acceptors (Lipinski definition) is 4. The van der Waals surface area contributed by atoms with Gasteiger partial charge in [0.1, 0.15) is 11.5 Å². The van der Waals surface area contributed by atoms with Crippen molar-refractivity contribution < 1.29 is 14.1 Å². The van der Waals surface area contributed by atoms with E-state index in [9.17, 15) is 9.35 Å². The van der Waals surface area contributed by atoms with E-state index in [0.717, 1.165) is 55.1 Å². The maximum absolute atomic E-state index is 12.8. The summed E-state index contributed by atoms with van der Waals surface area (Å²) in [7, 11) is 1.79. The Kier molecular flexibility index (Phi) is 8.10. The number of carbonyl (C=O) groups is 1. The fourth-order valence-corrected chi connectivity index (χ4v) is 7.62. The van der Waals surface area contributed by atoms with Crippen LogP contribution >= 0.6 is 11.6 Å². The van der Waals surface area contributed by atoms with Gasteiger partial charge in [-0.15, -0.1) is 0 Å². The highest BCUT2D eigenvalue weighted by Gasteiger charge is 2.48. The molecule has 1 fully saturated rings. The third kappa shape index (κ3) is 5.99. The van der Waals surface area contributed by atoms with Crippen LogP contribution in [0.4, 0.5) is 4.79 Å². The minimum Gasteiger partial charge on any atom is -0.611 e. The molecule has 3 aromatic carbocycles. The highest BCUT2D eigenvalue weighted by molar-refractivity contribution is 7.91. The first-order chi connectivity index (χ1) is 17.9. The summed E-state index contributed by atoms with van der Waals surface area (Å²) in [6, 6.07) is 25.4. The molecule has 0 bridgehead atoms. The van der Waals surface area contributed by atoms with Crippen molar-refractivity contribution in [3.63, 3.8) is 0 Å². The van der Waals surface area contributed by atoms with Crippen LogP contribution < -0.4 is 4.74 Å². The highest BCUT2D eigenvalue weighted by Crippen LogP contribution is 2.46. The van der Waals surface area contributed by atoms with Crippen molar-refractivity contribution in [1.82, 2.24) is 9.80 Å². The van der Waals surface area contributed by atoms with Crippen LogP contribution in [0.1, 0.15) is 36.3 Å². The summed E-state index contributed by atoms with van der Waals surface area (Å²) in [4.78, 5) is 18.0. The van der Waals surface area contributed by atoms with E-state index < -0.39 is 11.2 Å². The van der Waals surface area contributed by atoms with Gasteiger partial charge in [-0.1, -0.05) is 60.1 Å². The van der Waals surface area contributed by atoms with E-state index in [1.54, 1.807) is 24.1 Å². The van der Waals surface area contributed by atoms with Gasteiger partial charge in [0, 0.05) is 35.5 Å². The zero-order chi connectivity index (χ0) is 25.8. The van der Waals surface area contributed by atoms with E-state index in [1.807, 2.05) is 42.5 Å². The number of likely N-dealkylation sites (tertiary alicyclic amines) is 1. The Morgan fingerprint density at radius 3 is 2.46 bits per heavy atom. The quantitative estimate of drug-likeness (QED) is 0.342. The van der Waals surface area contributed by atoms with Gasteiger partial charge in [-0.05, 0) is 86.0 Å². The van der Waals surface area contributed by atoms with Gasteiger partial charge in [-0.25, -0.2) is 4.79 Å². The number of hydrogen-bond donors (Lipinski definition) is 0. The van der Waals surface area contributed by atoms with Crippen LogP contribution in [0.5, 0.6) is 5.75 Å². The summed E-state index contributed by atoms with van der Waals surface area (Å²) in [5, 5.41) is 0.704.